The Bertz CT molecular complexity index is 442. The number of nitrogens with one attached hydrogen (secondary N) is 1. The lowest BCUT2D eigenvalue weighted by Gasteiger charge is -2.46. The first-order valence-corrected chi connectivity index (χ1v) is 9.57. The van der Waals surface area contributed by atoms with Gasteiger partial charge in [-0.3, -0.25) is 4.90 Å². The van der Waals surface area contributed by atoms with Crippen molar-refractivity contribution in [3.8, 4) is 0 Å². The maximum Gasteiger partial charge on any atom is 0.0535 e. The molecule has 0 radical (unpaired) electrons. The first-order valence-electron chi connectivity index (χ1n) is 8.29. The maximum absolute atomic E-state index is 3.76. The highest BCUT2D eigenvalue weighted by Gasteiger charge is 2.36. The van der Waals surface area contributed by atoms with Gasteiger partial charge in [-0.15, -0.1) is 0 Å². The van der Waals surface area contributed by atoms with Crippen LogP contribution in [0, 0.1) is 0 Å². The van der Waals surface area contributed by atoms with Crippen molar-refractivity contribution in [3.63, 3.8) is 0 Å². The van der Waals surface area contributed by atoms with Crippen molar-refractivity contribution in [1.82, 2.24) is 10.2 Å². The largest absolute Gasteiger partial charge is 0.305 e. The number of hydrogen-bond donors (Lipinski definition) is 1. The highest BCUT2D eigenvalue weighted by Crippen LogP contribution is 2.32. The Morgan fingerprint density at radius 2 is 1.86 bits per heavy atom. The van der Waals surface area contributed by atoms with Gasteiger partial charge < -0.3 is 5.32 Å². The first-order chi connectivity index (χ1) is 10.2. The molecule has 1 aromatic carbocycles. The van der Waals surface area contributed by atoms with E-state index in [0.717, 1.165) is 24.4 Å². The zero-order chi connectivity index (χ0) is 14.7. The Kier molecular flexibility index (Phi) is 4.92. The van der Waals surface area contributed by atoms with Crippen LogP contribution in [0.5, 0.6) is 0 Å². The second kappa shape index (κ2) is 6.72. The standard InChI is InChI=1S/C18H28N2S/c1-18(15-6-4-3-5-7-15)14-20(13-12-19-18)16-8-10-17(21-2)11-9-16/h3-7,16-17,19H,8-14H2,1-2H3. The Hall–Kier alpha value is -0.510. The van der Waals surface area contributed by atoms with Gasteiger partial charge in [0, 0.05) is 30.9 Å². The van der Waals surface area contributed by atoms with E-state index in [1.54, 1.807) is 0 Å². The number of rotatable bonds is 3. The van der Waals surface area contributed by atoms with Gasteiger partial charge in [-0.1, -0.05) is 30.3 Å². The van der Waals surface area contributed by atoms with Crippen LogP contribution in [0.1, 0.15) is 38.2 Å². The van der Waals surface area contributed by atoms with Gasteiger partial charge in [0.25, 0.3) is 0 Å². The van der Waals surface area contributed by atoms with E-state index in [1.165, 1.54) is 37.8 Å². The number of hydrogen-bond acceptors (Lipinski definition) is 3. The van der Waals surface area contributed by atoms with Crippen LogP contribution in [0.15, 0.2) is 30.3 Å². The SMILES string of the molecule is CSC1CCC(N2CCNC(C)(c3ccccc3)C2)CC1. The molecule has 2 nitrogen and oxygen atoms in total. The van der Waals surface area contributed by atoms with Gasteiger partial charge in [-0.05, 0) is 44.4 Å². The van der Waals surface area contributed by atoms with Crippen molar-refractivity contribution >= 4 is 11.8 Å². The van der Waals surface area contributed by atoms with Crippen LogP contribution in [0.3, 0.4) is 0 Å². The molecule has 1 unspecified atom stereocenters. The molecule has 2 fully saturated rings. The lowest BCUT2D eigenvalue weighted by molar-refractivity contribution is 0.0806. The molecule has 21 heavy (non-hydrogen) atoms. The van der Waals surface area contributed by atoms with Crippen LogP contribution in [0.4, 0.5) is 0 Å². The quantitative estimate of drug-likeness (QED) is 0.920. The van der Waals surface area contributed by atoms with E-state index in [4.69, 9.17) is 0 Å². The van der Waals surface area contributed by atoms with Crippen LogP contribution in [0.2, 0.25) is 0 Å². The molecule has 1 atom stereocenters. The summed E-state index contributed by atoms with van der Waals surface area (Å²) in [5.41, 5.74) is 1.53. The predicted molar refractivity (Wildman–Crippen MR) is 92.9 cm³/mol. The molecule has 1 heterocycles. The summed E-state index contributed by atoms with van der Waals surface area (Å²) in [7, 11) is 0. The van der Waals surface area contributed by atoms with Gasteiger partial charge in [0.2, 0.25) is 0 Å². The number of nitrogens with zero attached hydrogens (tertiary/aromatic N) is 1. The molecule has 2 aliphatic rings. The Balaban J connectivity index is 1.66. The Morgan fingerprint density at radius 3 is 2.52 bits per heavy atom. The molecule has 1 saturated heterocycles. The third kappa shape index (κ3) is 3.46. The van der Waals surface area contributed by atoms with Gasteiger partial charge >= 0.3 is 0 Å². The third-order valence-electron chi connectivity index (χ3n) is 5.34. The summed E-state index contributed by atoms with van der Waals surface area (Å²) in [5.74, 6) is 0. The molecule has 1 aliphatic heterocycles. The van der Waals surface area contributed by atoms with Crippen LogP contribution in [-0.2, 0) is 5.54 Å². The van der Waals surface area contributed by atoms with Gasteiger partial charge in [0.05, 0.1) is 5.54 Å². The molecule has 116 valence electrons. The van der Waals surface area contributed by atoms with E-state index in [0.29, 0.717) is 0 Å². The highest BCUT2D eigenvalue weighted by atomic mass is 32.2. The highest BCUT2D eigenvalue weighted by molar-refractivity contribution is 7.99. The Labute approximate surface area is 133 Å². The summed E-state index contributed by atoms with van der Waals surface area (Å²) in [6.07, 6.45) is 7.84. The zero-order valence-electron chi connectivity index (χ0n) is 13.3. The monoisotopic (exact) mass is 304 g/mol. The summed E-state index contributed by atoms with van der Waals surface area (Å²) in [5, 5.41) is 4.66. The molecule has 0 aromatic heterocycles. The van der Waals surface area contributed by atoms with Gasteiger partial charge in [-0.25, -0.2) is 0 Å². The molecule has 3 rings (SSSR count). The molecular formula is C18H28N2S. The molecule has 1 aliphatic carbocycles. The van der Waals surface area contributed by atoms with E-state index >= 15 is 0 Å². The maximum atomic E-state index is 3.76. The number of piperazine rings is 1. The van der Waals surface area contributed by atoms with Crippen molar-refractivity contribution in [2.45, 2.75) is 49.4 Å². The van der Waals surface area contributed by atoms with Crippen molar-refractivity contribution in [1.29, 1.82) is 0 Å². The molecule has 0 spiro atoms. The lowest BCUT2D eigenvalue weighted by Crippen LogP contribution is -2.59. The summed E-state index contributed by atoms with van der Waals surface area (Å²) in [6.45, 7) is 5.82. The molecular weight excluding hydrogens is 276 g/mol. The van der Waals surface area contributed by atoms with E-state index in [2.05, 4.69) is 65.5 Å². The summed E-state index contributed by atoms with van der Waals surface area (Å²) >= 11 is 2.06. The molecule has 1 N–H and O–H groups in total. The van der Waals surface area contributed by atoms with Crippen LogP contribution in [-0.4, -0.2) is 42.1 Å². The van der Waals surface area contributed by atoms with E-state index in [1.807, 2.05) is 0 Å². The van der Waals surface area contributed by atoms with Crippen molar-refractivity contribution < 1.29 is 0 Å². The minimum atomic E-state index is 0.107. The van der Waals surface area contributed by atoms with Crippen LogP contribution >= 0.6 is 11.8 Å². The smallest absolute Gasteiger partial charge is 0.0535 e. The van der Waals surface area contributed by atoms with Crippen molar-refractivity contribution in [2.24, 2.45) is 0 Å². The first kappa shape index (κ1) is 15.4. The van der Waals surface area contributed by atoms with E-state index in [9.17, 15) is 0 Å². The average molecular weight is 305 g/mol. The molecule has 0 bridgehead atoms. The molecule has 1 saturated carbocycles. The minimum absolute atomic E-state index is 0.107. The summed E-state index contributed by atoms with van der Waals surface area (Å²) in [4.78, 5) is 2.75. The minimum Gasteiger partial charge on any atom is -0.305 e. The van der Waals surface area contributed by atoms with Crippen molar-refractivity contribution in [3.05, 3.63) is 35.9 Å². The van der Waals surface area contributed by atoms with Crippen LogP contribution < -0.4 is 5.32 Å². The Morgan fingerprint density at radius 1 is 1.14 bits per heavy atom. The molecule has 3 heteroatoms. The fourth-order valence-electron chi connectivity index (χ4n) is 3.97. The zero-order valence-corrected chi connectivity index (χ0v) is 14.2. The number of benzene rings is 1. The van der Waals surface area contributed by atoms with Gasteiger partial charge in [-0.2, -0.15) is 11.8 Å². The van der Waals surface area contributed by atoms with E-state index in [-0.39, 0.29) is 5.54 Å². The second-order valence-electron chi connectivity index (χ2n) is 6.76. The van der Waals surface area contributed by atoms with Gasteiger partial charge in [0.1, 0.15) is 0 Å². The predicted octanol–water partition coefficient (Wildman–Crippen LogP) is 3.48. The molecule has 1 aromatic rings. The fourth-order valence-corrected chi connectivity index (χ4v) is 4.72. The summed E-state index contributed by atoms with van der Waals surface area (Å²) < 4.78 is 0. The van der Waals surface area contributed by atoms with E-state index < -0.39 is 0 Å². The second-order valence-corrected chi connectivity index (χ2v) is 7.90. The van der Waals surface area contributed by atoms with Gasteiger partial charge in [0.15, 0.2) is 0 Å². The van der Waals surface area contributed by atoms with Crippen LogP contribution in [0.25, 0.3) is 0 Å². The lowest BCUT2D eigenvalue weighted by atomic mass is 9.86. The fraction of sp³-hybridized carbons (Fsp3) is 0.667. The summed E-state index contributed by atoms with van der Waals surface area (Å²) in [6, 6.07) is 11.8. The molecule has 0 amide bonds. The number of thioether (sulfide) groups is 1. The third-order valence-corrected chi connectivity index (χ3v) is 6.48. The van der Waals surface area contributed by atoms with Crippen molar-refractivity contribution in [2.75, 3.05) is 25.9 Å². The normalized spacial score (nSPS) is 34.8. The average Bonchev–Trinajstić information content (AvgIpc) is 2.56. The topological polar surface area (TPSA) is 15.3 Å².